The van der Waals surface area contributed by atoms with Crippen molar-refractivity contribution in [2.75, 3.05) is 17.6 Å². The molecule has 4 N–H and O–H groups in total. The van der Waals surface area contributed by atoms with Crippen LogP contribution in [-0.2, 0) is 6.54 Å². The summed E-state index contributed by atoms with van der Waals surface area (Å²) in [6.45, 7) is 2.66. The predicted octanol–water partition coefficient (Wildman–Crippen LogP) is 2.97. The maximum absolute atomic E-state index is 13.1. The van der Waals surface area contributed by atoms with Crippen molar-refractivity contribution >= 4 is 27.9 Å². The van der Waals surface area contributed by atoms with Crippen molar-refractivity contribution in [1.82, 2.24) is 5.32 Å². The summed E-state index contributed by atoms with van der Waals surface area (Å²) < 4.78 is 25.9. The number of halogens is 2. The molecule has 21 heavy (non-hydrogen) atoms. The second kappa shape index (κ2) is 6.53. The standard InChI is InChI=1S/C14H15F2N3OS/c1-2-18-14(20)13-11(17)6-12(21-13)19-7-8-3-4-9(15)10(16)5-8/h3-6,19H,2,7,17H2,1H3,(H,18,20). The molecule has 0 aliphatic carbocycles. The fourth-order valence-corrected chi connectivity index (χ4v) is 2.64. The largest absolute Gasteiger partial charge is 0.397 e. The van der Waals surface area contributed by atoms with Crippen LogP contribution in [0.15, 0.2) is 24.3 Å². The van der Waals surface area contributed by atoms with Gasteiger partial charge in [0.2, 0.25) is 0 Å². The molecular weight excluding hydrogens is 296 g/mol. The number of benzene rings is 1. The van der Waals surface area contributed by atoms with E-state index in [0.29, 0.717) is 34.2 Å². The van der Waals surface area contributed by atoms with Crippen molar-refractivity contribution in [2.24, 2.45) is 0 Å². The first-order chi connectivity index (χ1) is 10.0. The molecule has 2 rings (SSSR count). The van der Waals surface area contributed by atoms with Crippen molar-refractivity contribution in [3.63, 3.8) is 0 Å². The summed E-state index contributed by atoms with van der Waals surface area (Å²) in [5.74, 6) is -1.98. The van der Waals surface area contributed by atoms with E-state index < -0.39 is 11.6 Å². The molecule has 0 spiro atoms. The minimum Gasteiger partial charge on any atom is -0.397 e. The maximum atomic E-state index is 13.1. The summed E-state index contributed by atoms with van der Waals surface area (Å²) in [6.07, 6.45) is 0. The van der Waals surface area contributed by atoms with Crippen LogP contribution in [0, 0.1) is 11.6 Å². The molecule has 4 nitrogen and oxygen atoms in total. The zero-order valence-corrected chi connectivity index (χ0v) is 12.2. The second-order valence-corrected chi connectivity index (χ2v) is 5.41. The summed E-state index contributed by atoms with van der Waals surface area (Å²) in [7, 11) is 0. The number of rotatable bonds is 5. The number of nitrogens with one attached hydrogen (secondary N) is 2. The third-order valence-corrected chi connectivity index (χ3v) is 3.86. The molecule has 1 aromatic heterocycles. The van der Waals surface area contributed by atoms with Crippen molar-refractivity contribution in [3.05, 3.63) is 46.3 Å². The van der Waals surface area contributed by atoms with Crippen molar-refractivity contribution in [3.8, 4) is 0 Å². The number of hydrogen-bond acceptors (Lipinski definition) is 4. The average Bonchev–Trinajstić information content (AvgIpc) is 2.82. The lowest BCUT2D eigenvalue weighted by molar-refractivity contribution is 0.0960. The van der Waals surface area contributed by atoms with Gasteiger partial charge in [-0.05, 0) is 30.7 Å². The lowest BCUT2D eigenvalue weighted by atomic mass is 10.2. The van der Waals surface area contributed by atoms with Gasteiger partial charge in [-0.1, -0.05) is 6.07 Å². The molecule has 0 saturated heterocycles. The Hall–Kier alpha value is -2.15. The van der Waals surface area contributed by atoms with Gasteiger partial charge in [0.05, 0.1) is 10.7 Å². The van der Waals surface area contributed by atoms with Crippen LogP contribution in [0.25, 0.3) is 0 Å². The van der Waals surface area contributed by atoms with E-state index >= 15 is 0 Å². The molecule has 1 amide bonds. The summed E-state index contributed by atoms with van der Waals surface area (Å²) in [5, 5.41) is 6.40. The molecule has 0 radical (unpaired) electrons. The zero-order chi connectivity index (χ0) is 15.4. The molecule has 112 valence electrons. The van der Waals surface area contributed by atoms with Crippen LogP contribution in [0.3, 0.4) is 0 Å². The first kappa shape index (κ1) is 15.2. The smallest absolute Gasteiger partial charge is 0.263 e. The number of nitrogens with two attached hydrogens (primary N) is 1. The maximum Gasteiger partial charge on any atom is 0.263 e. The first-order valence-electron chi connectivity index (χ1n) is 6.36. The van der Waals surface area contributed by atoms with Crippen LogP contribution in [0.5, 0.6) is 0 Å². The number of nitrogen functional groups attached to an aromatic ring is 1. The Morgan fingerprint density at radius 3 is 2.71 bits per heavy atom. The van der Waals surface area contributed by atoms with Gasteiger partial charge in [0.1, 0.15) is 4.88 Å². The Morgan fingerprint density at radius 1 is 1.29 bits per heavy atom. The van der Waals surface area contributed by atoms with E-state index in [1.165, 1.54) is 17.4 Å². The topological polar surface area (TPSA) is 67.2 Å². The Kier molecular flexibility index (Phi) is 4.74. The SMILES string of the molecule is CCNC(=O)c1sc(NCc2ccc(F)c(F)c2)cc1N. The normalized spacial score (nSPS) is 10.4. The van der Waals surface area contributed by atoms with Gasteiger partial charge in [0, 0.05) is 13.1 Å². The molecule has 7 heteroatoms. The molecule has 2 aromatic rings. The third kappa shape index (κ3) is 3.69. The Bertz CT molecular complexity index is 658. The van der Waals surface area contributed by atoms with Gasteiger partial charge in [0.25, 0.3) is 5.91 Å². The predicted molar refractivity (Wildman–Crippen MR) is 80.4 cm³/mol. The average molecular weight is 311 g/mol. The summed E-state index contributed by atoms with van der Waals surface area (Å²) in [4.78, 5) is 12.2. The molecule has 1 heterocycles. The highest BCUT2D eigenvalue weighted by atomic mass is 32.1. The van der Waals surface area contributed by atoms with Gasteiger partial charge < -0.3 is 16.4 Å². The Morgan fingerprint density at radius 2 is 2.05 bits per heavy atom. The fraction of sp³-hybridized carbons (Fsp3) is 0.214. The van der Waals surface area contributed by atoms with Gasteiger partial charge in [0.15, 0.2) is 11.6 Å². The Labute approximate surface area is 125 Å². The molecule has 0 bridgehead atoms. The van der Waals surface area contributed by atoms with E-state index in [1.807, 2.05) is 6.92 Å². The number of hydrogen-bond donors (Lipinski definition) is 3. The summed E-state index contributed by atoms with van der Waals surface area (Å²) in [5.41, 5.74) is 6.77. The van der Waals surface area contributed by atoms with Crippen LogP contribution in [0.2, 0.25) is 0 Å². The Balaban J connectivity index is 2.05. The van der Waals surface area contributed by atoms with Crippen LogP contribution < -0.4 is 16.4 Å². The summed E-state index contributed by atoms with van der Waals surface area (Å²) >= 11 is 1.22. The highest BCUT2D eigenvalue weighted by Gasteiger charge is 2.13. The highest BCUT2D eigenvalue weighted by Crippen LogP contribution is 2.29. The van der Waals surface area contributed by atoms with Crippen LogP contribution >= 0.6 is 11.3 Å². The molecular formula is C14H15F2N3OS. The number of thiophene rings is 1. The van der Waals surface area contributed by atoms with E-state index in [2.05, 4.69) is 10.6 Å². The van der Waals surface area contributed by atoms with Gasteiger partial charge >= 0.3 is 0 Å². The van der Waals surface area contributed by atoms with E-state index in [4.69, 9.17) is 5.73 Å². The van der Waals surface area contributed by atoms with Gasteiger partial charge in [-0.25, -0.2) is 8.78 Å². The van der Waals surface area contributed by atoms with Crippen LogP contribution in [-0.4, -0.2) is 12.5 Å². The van der Waals surface area contributed by atoms with E-state index in [-0.39, 0.29) is 5.91 Å². The molecule has 0 atom stereocenters. The fourth-order valence-electron chi connectivity index (χ4n) is 1.75. The molecule has 0 fully saturated rings. The van der Waals surface area contributed by atoms with E-state index in [0.717, 1.165) is 12.1 Å². The quantitative estimate of drug-likeness (QED) is 0.795. The van der Waals surface area contributed by atoms with E-state index in [9.17, 15) is 13.6 Å². The van der Waals surface area contributed by atoms with Gasteiger partial charge in [-0.3, -0.25) is 4.79 Å². The molecule has 0 unspecified atom stereocenters. The molecule has 0 aliphatic rings. The van der Waals surface area contributed by atoms with Crippen molar-refractivity contribution in [2.45, 2.75) is 13.5 Å². The lowest BCUT2D eigenvalue weighted by Crippen LogP contribution is -2.22. The lowest BCUT2D eigenvalue weighted by Gasteiger charge is -2.04. The van der Waals surface area contributed by atoms with E-state index in [1.54, 1.807) is 6.07 Å². The summed E-state index contributed by atoms with van der Waals surface area (Å²) in [6, 6.07) is 5.35. The minimum atomic E-state index is -0.886. The van der Waals surface area contributed by atoms with Gasteiger partial charge in [-0.15, -0.1) is 11.3 Å². The first-order valence-corrected chi connectivity index (χ1v) is 7.18. The van der Waals surface area contributed by atoms with Crippen molar-refractivity contribution < 1.29 is 13.6 Å². The highest BCUT2D eigenvalue weighted by molar-refractivity contribution is 7.18. The molecule has 0 saturated carbocycles. The molecule has 0 aliphatic heterocycles. The number of carbonyl (C=O) groups is 1. The second-order valence-electron chi connectivity index (χ2n) is 4.36. The van der Waals surface area contributed by atoms with Crippen molar-refractivity contribution in [1.29, 1.82) is 0 Å². The van der Waals surface area contributed by atoms with Crippen LogP contribution in [0.1, 0.15) is 22.2 Å². The zero-order valence-electron chi connectivity index (χ0n) is 11.4. The number of carbonyl (C=O) groups excluding carboxylic acids is 1. The van der Waals surface area contributed by atoms with Gasteiger partial charge in [-0.2, -0.15) is 0 Å². The molecule has 1 aromatic carbocycles. The van der Waals surface area contributed by atoms with Crippen LogP contribution in [0.4, 0.5) is 19.5 Å². The number of amides is 1. The number of anilines is 2. The monoisotopic (exact) mass is 311 g/mol. The minimum absolute atomic E-state index is 0.221. The third-order valence-electron chi connectivity index (χ3n) is 2.76.